The summed E-state index contributed by atoms with van der Waals surface area (Å²) in [7, 11) is -3.10. The first-order valence-electron chi connectivity index (χ1n) is 7.20. The third kappa shape index (κ3) is 5.02. The van der Waals surface area contributed by atoms with Gasteiger partial charge in [0.2, 0.25) is 0 Å². The molecule has 1 aliphatic rings. The quantitative estimate of drug-likeness (QED) is 0.791. The van der Waals surface area contributed by atoms with Gasteiger partial charge in [-0.2, -0.15) is 0 Å². The molecule has 2 atom stereocenters. The molecule has 0 aliphatic carbocycles. The van der Waals surface area contributed by atoms with Gasteiger partial charge < -0.3 is 10.1 Å². The van der Waals surface area contributed by atoms with Gasteiger partial charge in [0, 0.05) is 6.04 Å². The van der Waals surface area contributed by atoms with Crippen molar-refractivity contribution in [3.8, 4) is 0 Å². The van der Waals surface area contributed by atoms with E-state index in [1.165, 1.54) is 25.1 Å². The van der Waals surface area contributed by atoms with Gasteiger partial charge in [0.1, 0.15) is 5.82 Å². The highest BCUT2D eigenvalue weighted by atomic mass is 32.2. The molecule has 0 spiro atoms. The smallest absolute Gasteiger partial charge is 0.311 e. The summed E-state index contributed by atoms with van der Waals surface area (Å²) >= 11 is 0. The Kier molecular flexibility index (Phi) is 5.35. The van der Waals surface area contributed by atoms with E-state index in [1.54, 1.807) is 6.07 Å². The van der Waals surface area contributed by atoms with Crippen LogP contribution in [0.4, 0.5) is 4.39 Å². The first-order valence-corrected chi connectivity index (χ1v) is 9.02. The van der Waals surface area contributed by atoms with Gasteiger partial charge in [0.25, 0.3) is 5.91 Å². The first-order chi connectivity index (χ1) is 10.8. The minimum Gasteiger partial charge on any atom is -0.452 e. The van der Waals surface area contributed by atoms with Gasteiger partial charge in [-0.15, -0.1) is 0 Å². The van der Waals surface area contributed by atoms with Gasteiger partial charge in [-0.05, 0) is 25.0 Å². The number of amides is 1. The Morgan fingerprint density at radius 3 is 2.70 bits per heavy atom. The van der Waals surface area contributed by atoms with Gasteiger partial charge in [0.15, 0.2) is 15.9 Å². The van der Waals surface area contributed by atoms with Crippen LogP contribution in [0.15, 0.2) is 24.3 Å². The van der Waals surface area contributed by atoms with E-state index in [0.717, 1.165) is 0 Å². The van der Waals surface area contributed by atoms with Gasteiger partial charge in [-0.1, -0.05) is 18.2 Å². The number of benzene rings is 1. The van der Waals surface area contributed by atoms with Crippen molar-refractivity contribution in [1.29, 1.82) is 0 Å². The number of halogens is 1. The van der Waals surface area contributed by atoms with Gasteiger partial charge in [-0.25, -0.2) is 12.8 Å². The molecular formula is C15H18FNO5S. The van der Waals surface area contributed by atoms with Gasteiger partial charge >= 0.3 is 5.97 Å². The highest BCUT2D eigenvalue weighted by molar-refractivity contribution is 7.91. The molecule has 1 amide bonds. The minimum atomic E-state index is -3.10. The van der Waals surface area contributed by atoms with E-state index in [0.29, 0.717) is 6.42 Å². The van der Waals surface area contributed by atoms with Crippen LogP contribution < -0.4 is 5.32 Å². The summed E-state index contributed by atoms with van der Waals surface area (Å²) in [5, 5.41) is 2.55. The zero-order chi connectivity index (χ0) is 17.0. The molecule has 1 N–H and O–H groups in total. The number of sulfone groups is 1. The molecule has 0 aromatic heterocycles. The normalized spacial score (nSPS) is 20.7. The maximum Gasteiger partial charge on any atom is 0.311 e. The molecule has 1 fully saturated rings. The molecule has 1 heterocycles. The Bertz CT molecular complexity index is 704. The van der Waals surface area contributed by atoms with E-state index in [4.69, 9.17) is 4.74 Å². The van der Waals surface area contributed by atoms with E-state index < -0.39 is 39.7 Å². The van der Waals surface area contributed by atoms with Gasteiger partial charge in [0.05, 0.1) is 17.9 Å². The second-order valence-corrected chi connectivity index (χ2v) is 7.74. The number of carbonyl (C=O) groups excluding carboxylic acids is 2. The van der Waals surface area contributed by atoms with Crippen molar-refractivity contribution >= 4 is 21.7 Å². The van der Waals surface area contributed by atoms with Crippen LogP contribution in [0.1, 0.15) is 18.9 Å². The van der Waals surface area contributed by atoms with E-state index in [2.05, 4.69) is 5.32 Å². The number of carbonyl (C=O) groups is 2. The Hall–Kier alpha value is -1.96. The van der Waals surface area contributed by atoms with E-state index in [-0.39, 0.29) is 23.5 Å². The zero-order valence-corrected chi connectivity index (χ0v) is 13.4. The number of rotatable bonds is 5. The molecule has 2 rings (SSSR count). The summed E-state index contributed by atoms with van der Waals surface area (Å²) in [6, 6.07) is 5.35. The Morgan fingerprint density at radius 2 is 2.09 bits per heavy atom. The lowest BCUT2D eigenvalue weighted by Gasteiger charge is -2.16. The molecule has 0 saturated carbocycles. The van der Waals surface area contributed by atoms with Crippen LogP contribution in [0.25, 0.3) is 0 Å². The number of esters is 1. The van der Waals surface area contributed by atoms with E-state index in [9.17, 15) is 22.4 Å². The number of nitrogens with one attached hydrogen (secondary N) is 1. The summed E-state index contributed by atoms with van der Waals surface area (Å²) in [4.78, 5) is 23.7. The second kappa shape index (κ2) is 7.08. The maximum absolute atomic E-state index is 13.4. The standard InChI is InChI=1S/C15H18FNO5S/c1-10(15(19)17-12-6-7-23(20,21)9-12)22-14(18)8-11-4-2-3-5-13(11)16/h2-5,10,12H,6-9H2,1H3,(H,17,19)/t10-,12-/m0/s1. The molecule has 1 aromatic rings. The third-order valence-electron chi connectivity index (χ3n) is 3.55. The summed E-state index contributed by atoms with van der Waals surface area (Å²) < 4.78 is 41.1. The largest absolute Gasteiger partial charge is 0.452 e. The molecule has 0 unspecified atom stereocenters. The average Bonchev–Trinajstić information content (AvgIpc) is 2.80. The summed E-state index contributed by atoms with van der Waals surface area (Å²) in [6.07, 6.45) is -0.996. The molecule has 0 radical (unpaired) electrons. The number of hydrogen-bond acceptors (Lipinski definition) is 5. The average molecular weight is 343 g/mol. The van der Waals surface area contributed by atoms with Crippen molar-refractivity contribution in [2.24, 2.45) is 0 Å². The maximum atomic E-state index is 13.4. The second-order valence-electron chi connectivity index (χ2n) is 5.51. The molecule has 1 saturated heterocycles. The highest BCUT2D eigenvalue weighted by Gasteiger charge is 2.30. The molecule has 1 aliphatic heterocycles. The monoisotopic (exact) mass is 343 g/mol. The summed E-state index contributed by atoms with van der Waals surface area (Å²) in [6.45, 7) is 1.39. The molecule has 0 bridgehead atoms. The lowest BCUT2D eigenvalue weighted by molar-refractivity contribution is -0.154. The highest BCUT2D eigenvalue weighted by Crippen LogP contribution is 2.12. The van der Waals surface area contributed by atoms with Crippen LogP contribution in [-0.2, 0) is 30.6 Å². The molecule has 6 nitrogen and oxygen atoms in total. The Balaban J connectivity index is 1.84. The van der Waals surface area contributed by atoms with Crippen LogP contribution in [0.5, 0.6) is 0 Å². The van der Waals surface area contributed by atoms with Crippen LogP contribution in [0.2, 0.25) is 0 Å². The fraction of sp³-hybridized carbons (Fsp3) is 0.467. The third-order valence-corrected chi connectivity index (χ3v) is 5.32. The Morgan fingerprint density at radius 1 is 1.39 bits per heavy atom. The molecular weight excluding hydrogens is 325 g/mol. The van der Waals surface area contributed by atoms with Crippen LogP contribution in [0.3, 0.4) is 0 Å². The summed E-state index contributed by atoms with van der Waals surface area (Å²) in [5.41, 5.74) is 0.187. The lowest BCUT2D eigenvalue weighted by Crippen LogP contribution is -2.42. The van der Waals surface area contributed by atoms with Crippen molar-refractivity contribution < 1.29 is 27.1 Å². The first kappa shape index (κ1) is 17.4. The SMILES string of the molecule is C[C@H](OC(=O)Cc1ccccc1F)C(=O)N[C@H]1CCS(=O)(=O)C1. The van der Waals surface area contributed by atoms with E-state index >= 15 is 0 Å². The van der Waals surface area contributed by atoms with Crippen molar-refractivity contribution in [2.75, 3.05) is 11.5 Å². The van der Waals surface area contributed by atoms with Gasteiger partial charge in [-0.3, -0.25) is 9.59 Å². The topological polar surface area (TPSA) is 89.5 Å². The Labute approximate surface area is 133 Å². The minimum absolute atomic E-state index is 0.0411. The molecule has 126 valence electrons. The predicted octanol–water partition coefficient (Wildman–Crippen LogP) is 0.603. The fourth-order valence-electron chi connectivity index (χ4n) is 2.32. The van der Waals surface area contributed by atoms with Crippen LogP contribution in [-0.4, -0.2) is 43.9 Å². The number of ether oxygens (including phenoxy) is 1. The fourth-order valence-corrected chi connectivity index (χ4v) is 3.99. The van der Waals surface area contributed by atoms with Crippen molar-refractivity contribution in [3.05, 3.63) is 35.6 Å². The van der Waals surface area contributed by atoms with Crippen LogP contribution >= 0.6 is 0 Å². The van der Waals surface area contributed by atoms with Crippen molar-refractivity contribution in [2.45, 2.75) is 31.9 Å². The summed E-state index contributed by atoms with van der Waals surface area (Å²) in [5.74, 6) is -1.86. The molecule has 23 heavy (non-hydrogen) atoms. The predicted molar refractivity (Wildman–Crippen MR) is 80.9 cm³/mol. The zero-order valence-electron chi connectivity index (χ0n) is 12.6. The number of hydrogen-bond donors (Lipinski definition) is 1. The molecule has 8 heteroatoms. The van der Waals surface area contributed by atoms with Crippen LogP contribution in [0, 0.1) is 5.82 Å². The van der Waals surface area contributed by atoms with E-state index in [1.807, 2.05) is 0 Å². The van der Waals surface area contributed by atoms with Crippen molar-refractivity contribution in [1.82, 2.24) is 5.32 Å². The lowest BCUT2D eigenvalue weighted by atomic mass is 10.1. The van der Waals surface area contributed by atoms with Crippen molar-refractivity contribution in [3.63, 3.8) is 0 Å². The molecule has 1 aromatic carbocycles.